The van der Waals surface area contributed by atoms with E-state index in [1.54, 1.807) is 0 Å². The van der Waals surface area contributed by atoms with E-state index in [0.29, 0.717) is 0 Å². The molecule has 0 atom stereocenters. The van der Waals surface area contributed by atoms with E-state index in [0.717, 1.165) is 18.4 Å². The summed E-state index contributed by atoms with van der Waals surface area (Å²) in [6, 6.07) is 0. The summed E-state index contributed by atoms with van der Waals surface area (Å²) in [5.41, 5.74) is 0.598. The largest absolute Gasteiger partial charge is 0.455 e. The Bertz CT molecular complexity index is 296. The van der Waals surface area contributed by atoms with Crippen molar-refractivity contribution in [1.29, 1.82) is 0 Å². The van der Waals surface area contributed by atoms with Gasteiger partial charge in [0.1, 0.15) is 5.60 Å². The van der Waals surface area contributed by atoms with Gasteiger partial charge in [-0.05, 0) is 32.3 Å². The van der Waals surface area contributed by atoms with E-state index in [2.05, 4.69) is 18.2 Å². The number of ether oxygens (including phenoxy) is 1. The number of esters is 1. The molecule has 0 aliphatic heterocycles. The molecule has 0 aromatic heterocycles. The summed E-state index contributed by atoms with van der Waals surface area (Å²) in [4.78, 5) is 11.5. The fourth-order valence-corrected chi connectivity index (χ4v) is 1.49. The first-order chi connectivity index (χ1) is 6.93. The molecule has 0 spiro atoms. The van der Waals surface area contributed by atoms with Crippen LogP contribution in [-0.4, -0.2) is 11.6 Å². The molecule has 84 valence electrons. The Balaban J connectivity index is 2.70. The minimum atomic E-state index is -0.502. The first kappa shape index (κ1) is 12.0. The molecular weight excluding hydrogens is 188 g/mol. The van der Waals surface area contributed by atoms with Crippen molar-refractivity contribution in [3.63, 3.8) is 0 Å². The molecule has 0 radical (unpaired) electrons. The maximum Gasteiger partial charge on any atom is 0.309 e. The fraction of sp³-hybridized carbons (Fsp3) is 0.615. The highest BCUT2D eigenvalue weighted by molar-refractivity contribution is 5.72. The maximum absolute atomic E-state index is 11.5. The monoisotopic (exact) mass is 208 g/mol. The van der Waals surface area contributed by atoms with Gasteiger partial charge in [0.25, 0.3) is 0 Å². The maximum atomic E-state index is 11.5. The molecule has 0 N–H and O–H groups in total. The van der Waals surface area contributed by atoms with Gasteiger partial charge >= 0.3 is 5.97 Å². The Morgan fingerprint density at radius 3 is 2.53 bits per heavy atom. The quantitative estimate of drug-likeness (QED) is 0.665. The second-order valence-corrected chi connectivity index (χ2v) is 4.73. The predicted molar refractivity (Wildman–Crippen MR) is 61.5 cm³/mol. The van der Waals surface area contributed by atoms with Crippen molar-refractivity contribution in [2.24, 2.45) is 5.92 Å². The standard InChI is InChI=1S/C13H20O2/c1-10(2)12(14)15-13(3,4)11-8-6-5-7-9-11/h6,8-10H,5,7H2,1-4H3. The van der Waals surface area contributed by atoms with E-state index < -0.39 is 5.60 Å². The SMILES string of the molecule is CC(C)C(=O)OC(C)(C)C1=CCCC=C1. The Labute approximate surface area is 92.0 Å². The van der Waals surface area contributed by atoms with Gasteiger partial charge in [0.05, 0.1) is 5.92 Å². The van der Waals surface area contributed by atoms with Gasteiger partial charge in [-0.3, -0.25) is 4.79 Å². The van der Waals surface area contributed by atoms with E-state index in [1.165, 1.54) is 0 Å². The Morgan fingerprint density at radius 2 is 2.07 bits per heavy atom. The van der Waals surface area contributed by atoms with Crippen LogP contribution < -0.4 is 0 Å². The third-order valence-corrected chi connectivity index (χ3v) is 2.52. The van der Waals surface area contributed by atoms with Crippen molar-refractivity contribution in [1.82, 2.24) is 0 Å². The van der Waals surface area contributed by atoms with E-state index in [4.69, 9.17) is 4.74 Å². The Hall–Kier alpha value is -1.05. The molecule has 0 aromatic rings. The molecule has 2 heteroatoms. The van der Waals surface area contributed by atoms with Crippen molar-refractivity contribution >= 4 is 5.97 Å². The van der Waals surface area contributed by atoms with Crippen LogP contribution in [0.5, 0.6) is 0 Å². The molecule has 0 amide bonds. The average molecular weight is 208 g/mol. The van der Waals surface area contributed by atoms with E-state index >= 15 is 0 Å². The molecule has 2 nitrogen and oxygen atoms in total. The topological polar surface area (TPSA) is 26.3 Å². The summed E-state index contributed by atoms with van der Waals surface area (Å²) < 4.78 is 5.48. The molecule has 0 unspecified atom stereocenters. The molecule has 0 saturated carbocycles. The van der Waals surface area contributed by atoms with Crippen LogP contribution in [0.4, 0.5) is 0 Å². The highest BCUT2D eigenvalue weighted by Crippen LogP contribution is 2.26. The third-order valence-electron chi connectivity index (χ3n) is 2.52. The lowest BCUT2D eigenvalue weighted by molar-refractivity contribution is -0.156. The molecule has 1 aliphatic rings. The second-order valence-electron chi connectivity index (χ2n) is 4.73. The number of carbonyl (C=O) groups is 1. The van der Waals surface area contributed by atoms with Gasteiger partial charge in [-0.25, -0.2) is 0 Å². The van der Waals surface area contributed by atoms with Gasteiger partial charge in [0.15, 0.2) is 0 Å². The van der Waals surface area contributed by atoms with Crippen LogP contribution in [0.2, 0.25) is 0 Å². The number of hydrogen-bond acceptors (Lipinski definition) is 2. The zero-order valence-corrected chi connectivity index (χ0v) is 10.0. The van der Waals surface area contributed by atoms with Gasteiger partial charge < -0.3 is 4.74 Å². The molecule has 0 fully saturated rings. The summed E-state index contributed by atoms with van der Waals surface area (Å²) in [5, 5.41) is 0. The molecule has 0 saturated heterocycles. The van der Waals surface area contributed by atoms with Crippen LogP contribution in [-0.2, 0) is 9.53 Å². The minimum Gasteiger partial charge on any atom is -0.455 e. The van der Waals surface area contributed by atoms with Gasteiger partial charge in [0.2, 0.25) is 0 Å². The van der Waals surface area contributed by atoms with Crippen molar-refractivity contribution in [2.75, 3.05) is 0 Å². The summed E-state index contributed by atoms with van der Waals surface area (Å²) in [5.74, 6) is -0.211. The summed E-state index contributed by atoms with van der Waals surface area (Å²) >= 11 is 0. The van der Waals surface area contributed by atoms with E-state index in [1.807, 2.05) is 27.7 Å². The van der Waals surface area contributed by atoms with Gasteiger partial charge in [-0.2, -0.15) is 0 Å². The van der Waals surface area contributed by atoms with Crippen LogP contribution in [0.25, 0.3) is 0 Å². The number of allylic oxidation sites excluding steroid dienone is 2. The summed E-state index contributed by atoms with van der Waals surface area (Å²) in [6.45, 7) is 7.58. The average Bonchev–Trinajstić information content (AvgIpc) is 2.18. The zero-order chi connectivity index (χ0) is 11.5. The normalized spacial score (nSPS) is 16.5. The summed E-state index contributed by atoms with van der Waals surface area (Å²) in [7, 11) is 0. The molecule has 15 heavy (non-hydrogen) atoms. The molecule has 1 rings (SSSR count). The molecule has 0 bridgehead atoms. The predicted octanol–water partition coefficient (Wildman–Crippen LogP) is 3.24. The van der Waals surface area contributed by atoms with Gasteiger partial charge in [-0.15, -0.1) is 0 Å². The van der Waals surface area contributed by atoms with Crippen molar-refractivity contribution in [2.45, 2.75) is 46.1 Å². The lowest BCUT2D eigenvalue weighted by Crippen LogP contribution is -2.32. The summed E-state index contributed by atoms with van der Waals surface area (Å²) in [6.07, 6.45) is 8.44. The molecular formula is C13H20O2. The molecule has 0 aromatic carbocycles. The fourth-order valence-electron chi connectivity index (χ4n) is 1.49. The van der Waals surface area contributed by atoms with Crippen LogP contribution in [0, 0.1) is 5.92 Å². The third kappa shape index (κ3) is 3.22. The van der Waals surface area contributed by atoms with Gasteiger partial charge in [0, 0.05) is 0 Å². The van der Waals surface area contributed by atoms with Crippen molar-refractivity contribution < 1.29 is 9.53 Å². The van der Waals surface area contributed by atoms with Crippen molar-refractivity contribution in [3.8, 4) is 0 Å². The highest BCUT2D eigenvalue weighted by atomic mass is 16.6. The Kier molecular flexibility index (Phi) is 3.72. The van der Waals surface area contributed by atoms with Crippen LogP contribution in [0.1, 0.15) is 40.5 Å². The second kappa shape index (κ2) is 4.65. The zero-order valence-electron chi connectivity index (χ0n) is 10.0. The number of hydrogen-bond donors (Lipinski definition) is 0. The lowest BCUT2D eigenvalue weighted by Gasteiger charge is -2.28. The number of rotatable bonds is 3. The molecule has 0 heterocycles. The molecule has 1 aliphatic carbocycles. The van der Waals surface area contributed by atoms with Crippen molar-refractivity contribution in [3.05, 3.63) is 23.8 Å². The minimum absolute atomic E-state index is 0.0718. The first-order valence-electron chi connectivity index (χ1n) is 5.53. The lowest BCUT2D eigenvalue weighted by atomic mass is 9.92. The first-order valence-corrected chi connectivity index (χ1v) is 5.53. The van der Waals surface area contributed by atoms with Crippen LogP contribution in [0.3, 0.4) is 0 Å². The highest BCUT2D eigenvalue weighted by Gasteiger charge is 2.27. The van der Waals surface area contributed by atoms with Crippen LogP contribution >= 0.6 is 0 Å². The smallest absolute Gasteiger partial charge is 0.309 e. The number of carbonyl (C=O) groups excluding carboxylic acids is 1. The van der Waals surface area contributed by atoms with Gasteiger partial charge in [-0.1, -0.05) is 32.1 Å². The Morgan fingerprint density at radius 1 is 1.40 bits per heavy atom. The van der Waals surface area contributed by atoms with E-state index in [9.17, 15) is 4.79 Å². The van der Waals surface area contributed by atoms with E-state index in [-0.39, 0.29) is 11.9 Å². The van der Waals surface area contributed by atoms with Crippen LogP contribution in [0.15, 0.2) is 23.8 Å².